The molecule has 6 nitrogen and oxygen atoms in total. The van der Waals surface area contributed by atoms with Crippen LogP contribution in [0.2, 0.25) is 0 Å². The van der Waals surface area contributed by atoms with Crippen LogP contribution in [-0.4, -0.2) is 36.1 Å². The minimum atomic E-state index is -0.340. The third-order valence-electron chi connectivity index (χ3n) is 3.58. The maximum Gasteiger partial charge on any atom is 0.230 e. The van der Waals surface area contributed by atoms with Gasteiger partial charge in [-0.25, -0.2) is 0 Å². The number of primary amides is 1. The lowest BCUT2D eigenvalue weighted by molar-refractivity contribution is -0.126. The van der Waals surface area contributed by atoms with Gasteiger partial charge < -0.3 is 16.4 Å². The second kappa shape index (κ2) is 12.4. The molecule has 0 spiro atoms. The first-order valence-corrected chi connectivity index (χ1v) is 8.94. The first-order valence-electron chi connectivity index (χ1n) is 7.82. The summed E-state index contributed by atoms with van der Waals surface area (Å²) in [6.45, 7) is 4.99. The second-order valence-corrected chi connectivity index (χ2v) is 6.04. The fourth-order valence-corrected chi connectivity index (χ4v) is 2.30. The van der Waals surface area contributed by atoms with E-state index >= 15 is 0 Å². The van der Waals surface area contributed by atoms with Crippen LogP contribution in [0.25, 0.3) is 0 Å². The highest BCUT2D eigenvalue weighted by molar-refractivity contribution is 9.09. The molecule has 4 N–H and O–H groups in total. The number of alkyl halides is 1. The van der Waals surface area contributed by atoms with Crippen molar-refractivity contribution in [3.63, 3.8) is 0 Å². The highest BCUT2D eigenvalue weighted by atomic mass is 79.9. The topological polar surface area (TPSA) is 101 Å². The van der Waals surface area contributed by atoms with E-state index in [9.17, 15) is 14.4 Å². The number of unbranched alkanes of at least 4 members (excludes halogenated alkanes) is 2. The Bertz CT molecular complexity index is 364. The summed E-state index contributed by atoms with van der Waals surface area (Å²) in [5, 5.41) is 5.97. The molecule has 22 heavy (non-hydrogen) atoms. The molecule has 0 aliphatic rings. The van der Waals surface area contributed by atoms with Gasteiger partial charge in [0.05, 0.1) is 5.33 Å². The minimum absolute atomic E-state index is 0.0120. The van der Waals surface area contributed by atoms with Crippen LogP contribution < -0.4 is 16.4 Å². The molecule has 2 unspecified atom stereocenters. The summed E-state index contributed by atoms with van der Waals surface area (Å²) in [6, 6.07) is 0. The molecule has 128 valence electrons. The predicted octanol–water partition coefficient (Wildman–Crippen LogP) is 1.32. The number of hydrogen-bond donors (Lipinski definition) is 3. The Labute approximate surface area is 141 Å². The SMILES string of the molecule is CCC(CC(C)C(=O)NCCCCCNC(=O)CBr)C(N)=O. The van der Waals surface area contributed by atoms with E-state index in [-0.39, 0.29) is 29.6 Å². The monoisotopic (exact) mass is 377 g/mol. The van der Waals surface area contributed by atoms with Crippen LogP contribution in [0.3, 0.4) is 0 Å². The maximum absolute atomic E-state index is 11.9. The van der Waals surface area contributed by atoms with Gasteiger partial charge in [-0.05, 0) is 32.1 Å². The van der Waals surface area contributed by atoms with E-state index in [1.807, 2.05) is 13.8 Å². The van der Waals surface area contributed by atoms with Crippen LogP contribution in [0.4, 0.5) is 0 Å². The van der Waals surface area contributed by atoms with Gasteiger partial charge >= 0.3 is 0 Å². The largest absolute Gasteiger partial charge is 0.369 e. The summed E-state index contributed by atoms with van der Waals surface area (Å²) in [6.07, 6.45) is 3.86. The van der Waals surface area contributed by atoms with E-state index in [4.69, 9.17) is 5.73 Å². The molecule has 0 radical (unpaired) electrons. The lowest BCUT2D eigenvalue weighted by Crippen LogP contribution is -2.33. The fourth-order valence-electron chi connectivity index (χ4n) is 2.11. The van der Waals surface area contributed by atoms with Gasteiger partial charge in [0.2, 0.25) is 17.7 Å². The number of carbonyl (C=O) groups is 3. The first kappa shape index (κ1) is 20.9. The molecule has 0 aromatic carbocycles. The Morgan fingerprint density at radius 3 is 2.18 bits per heavy atom. The third kappa shape index (κ3) is 9.76. The Balaban J connectivity index is 3.72. The maximum atomic E-state index is 11.9. The van der Waals surface area contributed by atoms with Crippen LogP contribution in [0, 0.1) is 11.8 Å². The molecule has 0 saturated heterocycles. The van der Waals surface area contributed by atoms with E-state index in [2.05, 4.69) is 26.6 Å². The number of hydrogen-bond acceptors (Lipinski definition) is 3. The van der Waals surface area contributed by atoms with Crippen LogP contribution in [0.1, 0.15) is 46.0 Å². The van der Waals surface area contributed by atoms with Crippen LogP contribution in [0.15, 0.2) is 0 Å². The van der Waals surface area contributed by atoms with Gasteiger partial charge in [0.25, 0.3) is 0 Å². The molecular formula is C15H28BrN3O3. The van der Waals surface area contributed by atoms with E-state index in [1.54, 1.807) is 0 Å². The molecule has 0 fully saturated rings. The summed E-state index contributed by atoms with van der Waals surface area (Å²) in [7, 11) is 0. The zero-order valence-corrected chi connectivity index (χ0v) is 15.1. The highest BCUT2D eigenvalue weighted by Gasteiger charge is 2.21. The van der Waals surface area contributed by atoms with Gasteiger partial charge in [-0.1, -0.05) is 29.8 Å². The summed E-state index contributed by atoms with van der Waals surface area (Å²) in [4.78, 5) is 34.1. The molecule has 0 aliphatic carbocycles. The average Bonchev–Trinajstić information content (AvgIpc) is 2.50. The van der Waals surface area contributed by atoms with E-state index in [1.165, 1.54) is 0 Å². The summed E-state index contributed by atoms with van der Waals surface area (Å²) in [5.41, 5.74) is 5.29. The molecular weight excluding hydrogens is 350 g/mol. The zero-order chi connectivity index (χ0) is 17.0. The smallest absolute Gasteiger partial charge is 0.230 e. The molecule has 0 aromatic heterocycles. The van der Waals surface area contributed by atoms with Gasteiger partial charge in [-0.3, -0.25) is 14.4 Å². The van der Waals surface area contributed by atoms with E-state index < -0.39 is 0 Å². The van der Waals surface area contributed by atoms with Crippen LogP contribution in [0.5, 0.6) is 0 Å². The Morgan fingerprint density at radius 1 is 1.09 bits per heavy atom. The molecule has 0 aromatic rings. The molecule has 0 rings (SSSR count). The van der Waals surface area contributed by atoms with Crippen LogP contribution >= 0.6 is 15.9 Å². The quantitative estimate of drug-likeness (QED) is 0.353. The van der Waals surface area contributed by atoms with Crippen molar-refractivity contribution in [1.82, 2.24) is 10.6 Å². The van der Waals surface area contributed by atoms with Crippen LogP contribution in [-0.2, 0) is 14.4 Å². The average molecular weight is 378 g/mol. The van der Waals surface area contributed by atoms with Crippen molar-refractivity contribution in [3.05, 3.63) is 0 Å². The Kier molecular flexibility index (Phi) is 11.8. The van der Waals surface area contributed by atoms with Crippen molar-refractivity contribution in [3.8, 4) is 0 Å². The highest BCUT2D eigenvalue weighted by Crippen LogP contribution is 2.15. The van der Waals surface area contributed by atoms with Crippen molar-refractivity contribution < 1.29 is 14.4 Å². The Morgan fingerprint density at radius 2 is 1.68 bits per heavy atom. The van der Waals surface area contributed by atoms with Gasteiger partial charge in [-0.15, -0.1) is 0 Å². The van der Waals surface area contributed by atoms with E-state index in [0.717, 1.165) is 19.3 Å². The predicted molar refractivity (Wildman–Crippen MR) is 90.4 cm³/mol. The van der Waals surface area contributed by atoms with E-state index in [0.29, 0.717) is 31.3 Å². The normalized spacial score (nSPS) is 13.2. The first-order chi connectivity index (χ1) is 10.4. The lowest BCUT2D eigenvalue weighted by atomic mass is 9.92. The molecule has 2 atom stereocenters. The number of carbonyl (C=O) groups excluding carboxylic acids is 3. The summed E-state index contributed by atoms with van der Waals surface area (Å²) >= 11 is 3.08. The number of rotatable bonds is 12. The van der Waals surface area contributed by atoms with Gasteiger partial charge in [0, 0.05) is 24.9 Å². The number of halogens is 1. The van der Waals surface area contributed by atoms with Gasteiger partial charge in [0.1, 0.15) is 0 Å². The second-order valence-electron chi connectivity index (χ2n) is 5.48. The van der Waals surface area contributed by atoms with Crippen molar-refractivity contribution in [2.45, 2.75) is 46.0 Å². The summed E-state index contributed by atoms with van der Waals surface area (Å²) in [5.74, 6) is -0.837. The number of amides is 3. The van der Waals surface area contributed by atoms with Crippen molar-refractivity contribution in [2.24, 2.45) is 17.6 Å². The van der Waals surface area contributed by atoms with Crippen molar-refractivity contribution in [2.75, 3.05) is 18.4 Å². The van der Waals surface area contributed by atoms with Gasteiger partial charge in [0.15, 0.2) is 0 Å². The van der Waals surface area contributed by atoms with Crippen molar-refractivity contribution in [1.29, 1.82) is 0 Å². The summed E-state index contributed by atoms with van der Waals surface area (Å²) < 4.78 is 0. The Hall–Kier alpha value is -1.11. The standard InChI is InChI=1S/C15H28BrN3O3/c1-3-12(14(17)21)9-11(2)15(22)19-8-6-4-5-7-18-13(20)10-16/h11-12H,3-10H2,1-2H3,(H2,17,21)(H,18,20)(H,19,22). The number of nitrogens with two attached hydrogens (primary N) is 1. The molecule has 7 heteroatoms. The molecule has 0 aliphatic heterocycles. The fraction of sp³-hybridized carbons (Fsp3) is 0.800. The van der Waals surface area contributed by atoms with Crippen molar-refractivity contribution >= 4 is 33.7 Å². The lowest BCUT2D eigenvalue weighted by Gasteiger charge is -2.16. The zero-order valence-electron chi connectivity index (χ0n) is 13.5. The molecule has 0 bridgehead atoms. The third-order valence-corrected chi connectivity index (χ3v) is 4.09. The molecule has 3 amide bonds. The minimum Gasteiger partial charge on any atom is -0.369 e. The molecule has 0 saturated carbocycles. The molecule has 0 heterocycles. The number of nitrogens with one attached hydrogen (secondary N) is 2. The van der Waals surface area contributed by atoms with Gasteiger partial charge in [-0.2, -0.15) is 0 Å².